The fraction of sp³-hybridized carbons (Fsp3) is 0.0769. The highest BCUT2D eigenvalue weighted by Crippen LogP contribution is 2.11. The van der Waals surface area contributed by atoms with Crippen LogP contribution in [-0.2, 0) is 11.3 Å². The van der Waals surface area contributed by atoms with Gasteiger partial charge in [-0.25, -0.2) is 4.79 Å². The highest BCUT2D eigenvalue weighted by atomic mass is 35.5. The zero-order valence-corrected chi connectivity index (χ0v) is 10.2. The minimum atomic E-state index is -0.959. The van der Waals surface area contributed by atoms with E-state index in [0.29, 0.717) is 11.6 Å². The first-order valence-electron chi connectivity index (χ1n) is 5.31. The molecule has 5 heteroatoms. The van der Waals surface area contributed by atoms with Crippen molar-refractivity contribution in [2.24, 2.45) is 0 Å². The Bertz CT molecular complexity index is 590. The first-order valence-corrected chi connectivity index (χ1v) is 5.69. The van der Waals surface area contributed by atoms with Gasteiger partial charge in [0.1, 0.15) is 0 Å². The summed E-state index contributed by atoms with van der Waals surface area (Å²) in [5.74, 6) is -0.959. The molecule has 0 aliphatic heterocycles. The second kappa shape index (κ2) is 5.51. The van der Waals surface area contributed by atoms with E-state index in [1.54, 1.807) is 23.2 Å². The quantitative estimate of drug-likeness (QED) is 0.862. The average molecular weight is 263 g/mol. The van der Waals surface area contributed by atoms with Gasteiger partial charge in [0.2, 0.25) is 0 Å². The van der Waals surface area contributed by atoms with Crippen LogP contribution in [-0.4, -0.2) is 20.9 Å². The average Bonchev–Trinajstić information content (AvgIpc) is 2.73. The van der Waals surface area contributed by atoms with E-state index in [-0.39, 0.29) is 0 Å². The highest BCUT2D eigenvalue weighted by molar-refractivity contribution is 6.30. The fourth-order valence-corrected chi connectivity index (χ4v) is 1.73. The first-order chi connectivity index (χ1) is 8.63. The summed E-state index contributed by atoms with van der Waals surface area (Å²) in [5.41, 5.74) is 1.87. The van der Waals surface area contributed by atoms with Crippen LogP contribution in [0.3, 0.4) is 0 Å². The summed E-state index contributed by atoms with van der Waals surface area (Å²) >= 11 is 5.78. The van der Waals surface area contributed by atoms with Crippen molar-refractivity contribution in [3.8, 4) is 0 Å². The van der Waals surface area contributed by atoms with Crippen LogP contribution in [0.1, 0.15) is 11.1 Å². The van der Waals surface area contributed by atoms with Gasteiger partial charge in [0.05, 0.1) is 17.8 Å². The van der Waals surface area contributed by atoms with Crippen LogP contribution in [0.2, 0.25) is 5.02 Å². The maximum atomic E-state index is 10.4. The molecule has 0 unspecified atom stereocenters. The summed E-state index contributed by atoms with van der Waals surface area (Å²) in [6.45, 7) is 0.599. The fourth-order valence-electron chi connectivity index (χ4n) is 1.57. The van der Waals surface area contributed by atoms with E-state index in [1.807, 2.05) is 24.3 Å². The van der Waals surface area contributed by atoms with Gasteiger partial charge in [0.25, 0.3) is 0 Å². The molecule has 0 saturated carbocycles. The normalized spacial score (nSPS) is 10.9. The van der Waals surface area contributed by atoms with Gasteiger partial charge in [-0.3, -0.25) is 4.68 Å². The third kappa shape index (κ3) is 3.46. The van der Waals surface area contributed by atoms with E-state index < -0.39 is 5.97 Å². The van der Waals surface area contributed by atoms with Crippen LogP contribution in [0.25, 0.3) is 6.08 Å². The summed E-state index contributed by atoms with van der Waals surface area (Å²) < 4.78 is 1.72. The standard InChI is InChI=1S/C13H11ClN2O2/c14-12-7-15-16(9-12)8-11-3-1-2-10(6-11)4-5-13(17)18/h1-7,9H,8H2,(H,17,18)/b5-4+. The maximum Gasteiger partial charge on any atom is 0.328 e. The molecule has 0 atom stereocenters. The van der Waals surface area contributed by atoms with E-state index in [9.17, 15) is 4.79 Å². The van der Waals surface area contributed by atoms with E-state index in [1.165, 1.54) is 0 Å². The molecule has 0 aliphatic rings. The Morgan fingerprint density at radius 2 is 2.33 bits per heavy atom. The van der Waals surface area contributed by atoms with Gasteiger partial charge in [-0.15, -0.1) is 0 Å². The molecule has 0 amide bonds. The van der Waals surface area contributed by atoms with Crippen LogP contribution in [0.5, 0.6) is 0 Å². The Morgan fingerprint density at radius 3 is 3.00 bits per heavy atom. The Hall–Kier alpha value is -2.07. The first kappa shape index (κ1) is 12.4. The maximum absolute atomic E-state index is 10.4. The molecule has 1 aromatic heterocycles. The number of nitrogens with zero attached hydrogens (tertiary/aromatic N) is 2. The molecule has 0 spiro atoms. The van der Waals surface area contributed by atoms with Crippen molar-refractivity contribution >= 4 is 23.6 Å². The summed E-state index contributed by atoms with van der Waals surface area (Å²) in [6.07, 6.45) is 5.99. The Balaban J connectivity index is 2.14. The number of halogens is 1. The van der Waals surface area contributed by atoms with Gasteiger partial charge < -0.3 is 5.11 Å². The van der Waals surface area contributed by atoms with Crippen molar-refractivity contribution in [2.45, 2.75) is 6.54 Å². The lowest BCUT2D eigenvalue weighted by Gasteiger charge is -2.02. The molecule has 0 saturated heterocycles. The lowest BCUT2D eigenvalue weighted by molar-refractivity contribution is -0.131. The second-order valence-electron chi connectivity index (χ2n) is 3.77. The van der Waals surface area contributed by atoms with E-state index in [2.05, 4.69) is 5.10 Å². The lowest BCUT2D eigenvalue weighted by Crippen LogP contribution is -1.99. The Labute approximate surface area is 109 Å². The van der Waals surface area contributed by atoms with Crippen LogP contribution < -0.4 is 0 Å². The molecule has 4 nitrogen and oxygen atoms in total. The molecule has 1 heterocycles. The predicted molar refractivity (Wildman–Crippen MR) is 69.5 cm³/mol. The number of hydrogen-bond acceptors (Lipinski definition) is 2. The van der Waals surface area contributed by atoms with Gasteiger partial charge in [0.15, 0.2) is 0 Å². The predicted octanol–water partition coefficient (Wildman–Crippen LogP) is 2.68. The third-order valence-corrected chi connectivity index (χ3v) is 2.51. The smallest absolute Gasteiger partial charge is 0.328 e. The van der Waals surface area contributed by atoms with E-state index >= 15 is 0 Å². The monoisotopic (exact) mass is 262 g/mol. The zero-order valence-electron chi connectivity index (χ0n) is 9.45. The van der Waals surface area contributed by atoms with Crippen molar-refractivity contribution < 1.29 is 9.90 Å². The number of rotatable bonds is 4. The summed E-state index contributed by atoms with van der Waals surface area (Å²) in [6, 6.07) is 7.59. The number of hydrogen-bond donors (Lipinski definition) is 1. The molecule has 0 radical (unpaired) electrons. The summed E-state index contributed by atoms with van der Waals surface area (Å²) in [4.78, 5) is 10.4. The second-order valence-corrected chi connectivity index (χ2v) is 4.21. The largest absolute Gasteiger partial charge is 0.478 e. The van der Waals surface area contributed by atoms with Crippen LogP contribution in [0.15, 0.2) is 42.7 Å². The molecule has 0 aliphatic carbocycles. The van der Waals surface area contributed by atoms with Gasteiger partial charge in [-0.2, -0.15) is 5.10 Å². The number of carboxylic acids is 1. The molecule has 0 fully saturated rings. The van der Waals surface area contributed by atoms with Crippen molar-refractivity contribution in [3.63, 3.8) is 0 Å². The molecule has 2 rings (SSSR count). The van der Waals surface area contributed by atoms with Crippen LogP contribution >= 0.6 is 11.6 Å². The minimum Gasteiger partial charge on any atom is -0.478 e. The van der Waals surface area contributed by atoms with E-state index in [0.717, 1.165) is 17.2 Å². The number of carbonyl (C=O) groups is 1. The molecule has 18 heavy (non-hydrogen) atoms. The van der Waals surface area contributed by atoms with Gasteiger partial charge in [0, 0.05) is 12.3 Å². The van der Waals surface area contributed by atoms with Gasteiger partial charge >= 0.3 is 5.97 Å². The summed E-state index contributed by atoms with van der Waals surface area (Å²) in [7, 11) is 0. The molecular formula is C13H11ClN2O2. The summed E-state index contributed by atoms with van der Waals surface area (Å²) in [5, 5.41) is 13.2. The van der Waals surface area contributed by atoms with Crippen molar-refractivity contribution in [1.29, 1.82) is 0 Å². The van der Waals surface area contributed by atoms with Crippen molar-refractivity contribution in [3.05, 3.63) is 58.9 Å². The third-order valence-electron chi connectivity index (χ3n) is 2.32. The SMILES string of the molecule is O=C(O)/C=C/c1cccc(Cn2cc(Cl)cn2)c1. The highest BCUT2D eigenvalue weighted by Gasteiger charge is 1.98. The minimum absolute atomic E-state index is 0.594. The molecule has 92 valence electrons. The Morgan fingerprint density at radius 1 is 1.50 bits per heavy atom. The van der Waals surface area contributed by atoms with Crippen LogP contribution in [0, 0.1) is 0 Å². The van der Waals surface area contributed by atoms with Crippen LogP contribution in [0.4, 0.5) is 0 Å². The number of carboxylic acid groups (broad SMARTS) is 1. The Kier molecular flexibility index (Phi) is 3.79. The van der Waals surface area contributed by atoms with Crippen molar-refractivity contribution in [2.75, 3.05) is 0 Å². The molecule has 0 bridgehead atoms. The molecule has 2 aromatic rings. The number of aliphatic carboxylic acids is 1. The molecular weight excluding hydrogens is 252 g/mol. The lowest BCUT2D eigenvalue weighted by atomic mass is 10.1. The topological polar surface area (TPSA) is 55.1 Å². The zero-order chi connectivity index (χ0) is 13.0. The number of benzene rings is 1. The van der Waals surface area contributed by atoms with Gasteiger partial charge in [-0.05, 0) is 23.3 Å². The van der Waals surface area contributed by atoms with Crippen molar-refractivity contribution in [1.82, 2.24) is 9.78 Å². The number of aromatic nitrogens is 2. The molecule has 1 N–H and O–H groups in total. The molecule has 1 aromatic carbocycles. The van der Waals surface area contributed by atoms with E-state index in [4.69, 9.17) is 16.7 Å². The van der Waals surface area contributed by atoms with Gasteiger partial charge in [-0.1, -0.05) is 29.8 Å².